The highest BCUT2D eigenvalue weighted by Gasteiger charge is 2.45. The Labute approximate surface area is 172 Å². The maximum absolute atomic E-state index is 12.8. The number of hydrogen-bond donors (Lipinski definition) is 2. The van der Waals surface area contributed by atoms with Crippen molar-refractivity contribution in [2.75, 3.05) is 26.2 Å². The summed E-state index contributed by atoms with van der Waals surface area (Å²) < 4.78 is 1.94. The molecule has 1 aromatic carbocycles. The zero-order valence-electron chi connectivity index (χ0n) is 17.0. The number of rotatable bonds is 5. The van der Waals surface area contributed by atoms with Gasteiger partial charge in [0.25, 0.3) is 0 Å². The van der Waals surface area contributed by atoms with Crippen molar-refractivity contribution >= 4 is 5.91 Å². The highest BCUT2D eigenvalue weighted by Crippen LogP contribution is 2.38. The maximum Gasteiger partial charge on any atom is 0.240 e. The molecule has 3 aliphatic rings. The summed E-state index contributed by atoms with van der Waals surface area (Å²) >= 11 is 0. The molecule has 29 heavy (non-hydrogen) atoms. The summed E-state index contributed by atoms with van der Waals surface area (Å²) in [4.78, 5) is 20.0. The van der Waals surface area contributed by atoms with Gasteiger partial charge in [-0.25, -0.2) is 4.98 Å². The van der Waals surface area contributed by atoms with E-state index < -0.39 is 0 Å². The molecule has 4 atom stereocenters. The summed E-state index contributed by atoms with van der Waals surface area (Å²) in [5, 5.41) is 6.90. The van der Waals surface area contributed by atoms with Crippen LogP contribution < -0.4 is 10.6 Å². The van der Waals surface area contributed by atoms with Crippen LogP contribution in [0.3, 0.4) is 0 Å². The first-order chi connectivity index (χ1) is 14.3. The number of fused-ring (bicyclic) bond motifs is 4. The normalized spacial score (nSPS) is 29.2. The molecular weight excluding hydrogens is 362 g/mol. The molecule has 2 N–H and O–H groups in total. The molecule has 2 bridgehead atoms. The van der Waals surface area contributed by atoms with E-state index in [1.165, 1.54) is 38.8 Å². The Hall–Kier alpha value is -2.18. The lowest BCUT2D eigenvalue weighted by atomic mass is 9.73. The monoisotopic (exact) mass is 393 g/mol. The van der Waals surface area contributed by atoms with Crippen LogP contribution in [0.2, 0.25) is 0 Å². The molecule has 1 amide bonds. The predicted octanol–water partition coefficient (Wildman–Crippen LogP) is 2.13. The van der Waals surface area contributed by atoms with Crippen molar-refractivity contribution in [1.29, 1.82) is 0 Å². The topological polar surface area (TPSA) is 62.2 Å². The van der Waals surface area contributed by atoms with Crippen LogP contribution >= 0.6 is 0 Å². The van der Waals surface area contributed by atoms with Crippen LogP contribution in [0, 0.1) is 11.8 Å². The zero-order chi connectivity index (χ0) is 19.6. The molecule has 0 spiro atoms. The van der Waals surface area contributed by atoms with Crippen LogP contribution in [0.5, 0.6) is 0 Å². The van der Waals surface area contributed by atoms with E-state index in [0.29, 0.717) is 24.5 Å². The van der Waals surface area contributed by atoms with Crippen molar-refractivity contribution in [2.24, 2.45) is 11.8 Å². The van der Waals surface area contributed by atoms with Crippen molar-refractivity contribution in [1.82, 2.24) is 25.1 Å². The molecule has 1 aromatic heterocycles. The molecule has 2 aromatic rings. The Kier molecular flexibility index (Phi) is 5.38. The Bertz CT molecular complexity index is 835. The largest absolute Gasteiger partial charge is 0.353 e. The van der Waals surface area contributed by atoms with Crippen LogP contribution in [0.1, 0.15) is 25.7 Å². The number of carbonyl (C=O) groups is 1. The molecule has 6 heteroatoms. The van der Waals surface area contributed by atoms with Crippen molar-refractivity contribution in [3.8, 4) is 11.4 Å². The third-order valence-electron chi connectivity index (χ3n) is 7.09. The molecule has 0 unspecified atom stereocenters. The van der Waals surface area contributed by atoms with E-state index in [-0.39, 0.29) is 5.91 Å². The smallest absolute Gasteiger partial charge is 0.240 e. The minimum absolute atomic E-state index is 0.0691. The van der Waals surface area contributed by atoms with Crippen molar-refractivity contribution < 1.29 is 4.79 Å². The Morgan fingerprint density at radius 3 is 2.93 bits per heavy atom. The highest BCUT2D eigenvalue weighted by atomic mass is 16.1. The van der Waals surface area contributed by atoms with E-state index in [2.05, 4.69) is 20.5 Å². The quantitative estimate of drug-likeness (QED) is 0.817. The van der Waals surface area contributed by atoms with Crippen LogP contribution in [0.4, 0.5) is 0 Å². The average Bonchev–Trinajstić information content (AvgIpc) is 3.22. The van der Waals surface area contributed by atoms with Crippen LogP contribution in [0.15, 0.2) is 42.7 Å². The lowest BCUT2D eigenvalue weighted by molar-refractivity contribution is -0.122. The Morgan fingerprint density at radius 2 is 2.03 bits per heavy atom. The molecule has 4 heterocycles. The van der Waals surface area contributed by atoms with E-state index in [4.69, 9.17) is 0 Å². The minimum atomic E-state index is 0.0691. The van der Waals surface area contributed by atoms with E-state index in [0.717, 1.165) is 30.4 Å². The van der Waals surface area contributed by atoms with Gasteiger partial charge in [0.05, 0.1) is 0 Å². The number of imidazole rings is 1. The fourth-order valence-electron chi connectivity index (χ4n) is 5.76. The van der Waals surface area contributed by atoms with Gasteiger partial charge in [0.15, 0.2) is 0 Å². The number of carbonyl (C=O) groups excluding carboxylic acids is 1. The first kappa shape index (κ1) is 18.8. The molecule has 5 rings (SSSR count). The first-order valence-electron chi connectivity index (χ1n) is 11.1. The molecular formula is C23H31N5O. The lowest BCUT2D eigenvalue weighted by Gasteiger charge is -2.55. The third kappa shape index (κ3) is 3.83. The van der Waals surface area contributed by atoms with Gasteiger partial charge in [-0.3, -0.25) is 9.69 Å². The van der Waals surface area contributed by atoms with Crippen LogP contribution in [-0.4, -0.2) is 58.6 Å². The third-order valence-corrected chi connectivity index (χ3v) is 7.09. The van der Waals surface area contributed by atoms with Crippen molar-refractivity contribution in [3.05, 3.63) is 42.7 Å². The maximum atomic E-state index is 12.8. The van der Waals surface area contributed by atoms with Crippen molar-refractivity contribution in [3.63, 3.8) is 0 Å². The fourth-order valence-corrected chi connectivity index (χ4v) is 5.76. The van der Waals surface area contributed by atoms with E-state index >= 15 is 0 Å². The van der Waals surface area contributed by atoms with E-state index in [1.807, 2.05) is 41.1 Å². The average molecular weight is 394 g/mol. The van der Waals surface area contributed by atoms with Gasteiger partial charge in [0.1, 0.15) is 12.4 Å². The van der Waals surface area contributed by atoms with Gasteiger partial charge < -0.3 is 15.2 Å². The number of hydrogen-bond acceptors (Lipinski definition) is 4. The second-order valence-corrected chi connectivity index (χ2v) is 8.83. The summed E-state index contributed by atoms with van der Waals surface area (Å²) in [6.45, 7) is 4.51. The second-order valence-electron chi connectivity index (χ2n) is 8.83. The lowest BCUT2D eigenvalue weighted by Crippen LogP contribution is -2.65. The minimum Gasteiger partial charge on any atom is -0.353 e. The van der Waals surface area contributed by atoms with E-state index in [1.54, 1.807) is 6.20 Å². The summed E-state index contributed by atoms with van der Waals surface area (Å²) in [7, 11) is 0. The van der Waals surface area contributed by atoms with Gasteiger partial charge >= 0.3 is 0 Å². The molecule has 154 valence electrons. The number of amides is 1. The number of nitrogens with one attached hydrogen (secondary N) is 2. The summed E-state index contributed by atoms with van der Waals surface area (Å²) in [5.74, 6) is 2.35. The number of nitrogens with zero attached hydrogens (tertiary/aromatic N) is 3. The number of benzene rings is 1. The van der Waals surface area contributed by atoms with Crippen molar-refractivity contribution in [2.45, 2.75) is 44.3 Å². The molecule has 3 fully saturated rings. The number of piperidine rings is 3. The molecule has 0 saturated carbocycles. The second kappa shape index (κ2) is 8.28. The fraction of sp³-hybridized carbons (Fsp3) is 0.565. The number of aromatic nitrogens is 2. The SMILES string of the molecule is O=C(Cn1ccnc1-c1ccccc1)NC[C@H]1[C@@H]2CNC[C@@H](C2)[C@@H]2CCCCN21. The van der Waals surface area contributed by atoms with Gasteiger partial charge in [0, 0.05) is 36.6 Å². The van der Waals surface area contributed by atoms with Gasteiger partial charge in [0.2, 0.25) is 5.91 Å². The first-order valence-corrected chi connectivity index (χ1v) is 11.1. The summed E-state index contributed by atoms with van der Waals surface area (Å²) in [6, 6.07) is 11.2. The standard InChI is InChI=1S/C23H31N5O/c29-22(16-27-11-9-25-23(27)17-6-2-1-3-7-17)26-15-21-19-12-18(13-24-14-19)20-8-4-5-10-28(20)21/h1-3,6-7,9,11,18-21,24H,4-5,8,10,12-16H2,(H,26,29)/t18-,19+,20+,21+/m1/s1. The molecule has 0 radical (unpaired) electrons. The van der Waals surface area contributed by atoms with Gasteiger partial charge in [-0.1, -0.05) is 36.8 Å². The molecule has 3 aliphatic heterocycles. The molecule has 3 saturated heterocycles. The van der Waals surface area contributed by atoms with E-state index in [9.17, 15) is 4.79 Å². The zero-order valence-corrected chi connectivity index (χ0v) is 17.0. The van der Waals surface area contributed by atoms with Crippen LogP contribution in [-0.2, 0) is 11.3 Å². The van der Waals surface area contributed by atoms with Gasteiger partial charge in [-0.15, -0.1) is 0 Å². The summed E-state index contributed by atoms with van der Waals surface area (Å²) in [5.41, 5.74) is 1.04. The summed E-state index contributed by atoms with van der Waals surface area (Å²) in [6.07, 6.45) is 8.93. The Balaban J connectivity index is 1.23. The van der Waals surface area contributed by atoms with Crippen LogP contribution in [0.25, 0.3) is 11.4 Å². The molecule has 6 nitrogen and oxygen atoms in total. The highest BCUT2D eigenvalue weighted by molar-refractivity contribution is 5.76. The molecule has 0 aliphatic carbocycles. The Morgan fingerprint density at radius 1 is 1.17 bits per heavy atom. The van der Waals surface area contributed by atoms with Gasteiger partial charge in [-0.2, -0.15) is 0 Å². The predicted molar refractivity (Wildman–Crippen MR) is 113 cm³/mol. The van der Waals surface area contributed by atoms with Gasteiger partial charge in [-0.05, 0) is 50.7 Å².